The van der Waals surface area contributed by atoms with E-state index in [1.165, 1.54) is 0 Å². The fourth-order valence-electron chi connectivity index (χ4n) is 3.81. The number of carbonyl (C=O) groups is 1. The van der Waals surface area contributed by atoms with Gasteiger partial charge in [-0.3, -0.25) is 0 Å². The average Bonchev–Trinajstić information content (AvgIpc) is 3.22. The van der Waals surface area contributed by atoms with E-state index in [2.05, 4.69) is 32.9 Å². The normalized spacial score (nSPS) is 12.2. The summed E-state index contributed by atoms with van der Waals surface area (Å²) in [5.74, 6) is 0.131. The number of para-hydroxylation sites is 1. The van der Waals surface area contributed by atoms with Crippen LogP contribution in [0, 0.1) is 3.57 Å². The third-order valence-corrected chi connectivity index (χ3v) is 6.07. The molecule has 0 amide bonds. The minimum atomic E-state index is -0.936. The number of anilines is 1. The quantitative estimate of drug-likeness (QED) is 0.251. The van der Waals surface area contributed by atoms with E-state index in [4.69, 9.17) is 9.97 Å². The van der Waals surface area contributed by atoms with Crippen LogP contribution >= 0.6 is 22.6 Å². The first-order valence-corrected chi connectivity index (χ1v) is 11.2. The maximum atomic E-state index is 12.2. The monoisotopic (exact) mass is 534 g/mol. The Morgan fingerprint density at radius 3 is 2.59 bits per heavy atom. The lowest BCUT2D eigenvalue weighted by Crippen LogP contribution is -2.32. The van der Waals surface area contributed by atoms with Gasteiger partial charge in [-0.2, -0.15) is 0 Å². The summed E-state index contributed by atoms with van der Waals surface area (Å²) in [5.41, 5.74) is 3.56. The summed E-state index contributed by atoms with van der Waals surface area (Å²) in [6.07, 6.45) is 2.19. The first-order chi connectivity index (χ1) is 15.6. The molecule has 0 radical (unpaired) electrons. The number of aliphatic carboxylic acids is 1. The Labute approximate surface area is 197 Å². The Kier molecular flexibility index (Phi) is 5.48. The lowest BCUT2D eigenvalue weighted by molar-refractivity contribution is -0.137. The average molecular weight is 534 g/mol. The van der Waals surface area contributed by atoms with E-state index in [9.17, 15) is 9.90 Å². The molecule has 32 heavy (non-hydrogen) atoms. The van der Waals surface area contributed by atoms with E-state index in [1.807, 2.05) is 79.0 Å². The third-order valence-electron chi connectivity index (χ3n) is 5.40. The first kappa shape index (κ1) is 20.4. The van der Waals surface area contributed by atoms with E-state index in [1.54, 1.807) is 0 Å². The fraction of sp³-hybridized carbons (Fsp3) is 0.0800. The fourth-order valence-corrected chi connectivity index (χ4v) is 4.30. The maximum absolute atomic E-state index is 12.2. The maximum Gasteiger partial charge on any atom is 0.326 e. The Balaban J connectivity index is 1.57. The van der Waals surface area contributed by atoms with Gasteiger partial charge in [-0.05, 0) is 52.4 Å². The number of H-pyrrole nitrogens is 1. The van der Waals surface area contributed by atoms with Gasteiger partial charge in [0, 0.05) is 38.0 Å². The summed E-state index contributed by atoms with van der Waals surface area (Å²) in [7, 11) is 0. The zero-order valence-electron chi connectivity index (χ0n) is 16.9. The molecule has 3 aromatic carbocycles. The highest BCUT2D eigenvalue weighted by Crippen LogP contribution is 2.28. The lowest BCUT2D eigenvalue weighted by Gasteiger charge is -2.17. The van der Waals surface area contributed by atoms with Crippen molar-refractivity contribution in [3.8, 4) is 11.4 Å². The lowest BCUT2D eigenvalue weighted by atomic mass is 10.0. The number of carboxylic acids is 1. The van der Waals surface area contributed by atoms with Crippen molar-refractivity contribution in [3.05, 3.63) is 88.1 Å². The van der Waals surface area contributed by atoms with Crippen LogP contribution in [0.1, 0.15) is 5.56 Å². The molecule has 0 aliphatic rings. The van der Waals surface area contributed by atoms with Gasteiger partial charge in [0.25, 0.3) is 0 Å². The smallest absolute Gasteiger partial charge is 0.326 e. The van der Waals surface area contributed by atoms with Crippen molar-refractivity contribution in [2.24, 2.45) is 0 Å². The molecule has 0 spiro atoms. The highest BCUT2D eigenvalue weighted by Gasteiger charge is 2.22. The molecular weight excluding hydrogens is 515 g/mol. The minimum absolute atomic E-state index is 0.315. The molecule has 0 saturated carbocycles. The van der Waals surface area contributed by atoms with Gasteiger partial charge in [-0.15, -0.1) is 0 Å². The van der Waals surface area contributed by atoms with Crippen molar-refractivity contribution in [2.75, 3.05) is 5.32 Å². The molecule has 0 bridgehead atoms. The number of benzene rings is 3. The molecule has 7 heteroatoms. The number of nitrogens with zero attached hydrogens (tertiary/aromatic N) is 2. The Morgan fingerprint density at radius 1 is 1.00 bits per heavy atom. The van der Waals surface area contributed by atoms with Crippen LogP contribution in [0.3, 0.4) is 0 Å². The van der Waals surface area contributed by atoms with Crippen molar-refractivity contribution >= 4 is 56.2 Å². The highest BCUT2D eigenvalue weighted by molar-refractivity contribution is 14.1. The molecule has 158 valence electrons. The van der Waals surface area contributed by atoms with Crippen molar-refractivity contribution in [1.82, 2.24) is 15.0 Å². The molecule has 0 aliphatic heterocycles. The number of fused-ring (bicyclic) bond motifs is 2. The molecule has 5 aromatic rings. The van der Waals surface area contributed by atoms with Gasteiger partial charge in [0.15, 0.2) is 5.82 Å². The molecule has 2 heterocycles. The van der Waals surface area contributed by atoms with Crippen molar-refractivity contribution in [2.45, 2.75) is 12.5 Å². The largest absolute Gasteiger partial charge is 0.480 e. The summed E-state index contributed by atoms with van der Waals surface area (Å²) in [6.45, 7) is 0. The van der Waals surface area contributed by atoms with Crippen LogP contribution in [0.15, 0.2) is 79.0 Å². The van der Waals surface area contributed by atoms with Crippen LogP contribution < -0.4 is 5.32 Å². The van der Waals surface area contributed by atoms with E-state index < -0.39 is 12.0 Å². The molecule has 1 atom stereocenters. The zero-order valence-corrected chi connectivity index (χ0v) is 19.1. The van der Waals surface area contributed by atoms with Gasteiger partial charge in [-0.25, -0.2) is 14.8 Å². The predicted octanol–water partition coefficient (Wildman–Crippen LogP) is 5.49. The summed E-state index contributed by atoms with van der Waals surface area (Å²) in [5, 5.41) is 15.0. The number of carboxylic acid groups (broad SMARTS) is 1. The van der Waals surface area contributed by atoms with Crippen LogP contribution in [0.25, 0.3) is 33.2 Å². The van der Waals surface area contributed by atoms with E-state index in [-0.39, 0.29) is 0 Å². The SMILES string of the molecule is O=C(O)[C@H](Cc1c[nH]c2ccccc12)Nc1nc(-c2ccccc2)nc2ccc(I)cc12. The number of halogens is 1. The molecule has 5 rings (SSSR count). The van der Waals surface area contributed by atoms with Gasteiger partial charge in [0.1, 0.15) is 11.9 Å². The first-order valence-electron chi connectivity index (χ1n) is 10.2. The molecule has 0 unspecified atom stereocenters. The number of aromatic amines is 1. The second-order valence-corrected chi connectivity index (χ2v) is 8.77. The summed E-state index contributed by atoms with van der Waals surface area (Å²) in [6, 6.07) is 22.6. The Hall–Kier alpha value is -3.46. The number of hydrogen-bond donors (Lipinski definition) is 3. The van der Waals surface area contributed by atoms with Gasteiger partial charge in [-0.1, -0.05) is 48.5 Å². The number of nitrogens with one attached hydrogen (secondary N) is 2. The zero-order chi connectivity index (χ0) is 22.1. The molecule has 0 aliphatic carbocycles. The molecule has 0 saturated heterocycles. The van der Waals surface area contributed by atoms with Gasteiger partial charge < -0.3 is 15.4 Å². The summed E-state index contributed by atoms with van der Waals surface area (Å²) >= 11 is 2.24. The van der Waals surface area contributed by atoms with Gasteiger partial charge in [0.2, 0.25) is 0 Å². The highest BCUT2D eigenvalue weighted by atomic mass is 127. The molecule has 2 aromatic heterocycles. The van der Waals surface area contributed by atoms with Crippen molar-refractivity contribution in [1.29, 1.82) is 0 Å². The van der Waals surface area contributed by atoms with Crippen molar-refractivity contribution < 1.29 is 9.90 Å². The van der Waals surface area contributed by atoms with Gasteiger partial charge >= 0.3 is 5.97 Å². The standard InChI is InChI=1S/C25H19IN4O2/c26-17-10-11-21-19(13-17)24(30-23(28-21)15-6-2-1-3-7-15)29-22(25(31)32)12-16-14-27-20-9-5-4-8-18(16)20/h1-11,13-14,22,27H,12H2,(H,31,32)(H,28,29,30)/t22-/m0/s1. The van der Waals surface area contributed by atoms with Crippen LogP contribution in [-0.2, 0) is 11.2 Å². The minimum Gasteiger partial charge on any atom is -0.480 e. The van der Waals surface area contributed by atoms with Gasteiger partial charge in [0.05, 0.1) is 5.52 Å². The van der Waals surface area contributed by atoms with E-state index in [0.717, 1.165) is 36.5 Å². The van der Waals surface area contributed by atoms with Crippen LogP contribution in [-0.4, -0.2) is 32.1 Å². The van der Waals surface area contributed by atoms with E-state index >= 15 is 0 Å². The second-order valence-electron chi connectivity index (χ2n) is 7.52. The van der Waals surface area contributed by atoms with Crippen LogP contribution in [0.2, 0.25) is 0 Å². The molecule has 6 nitrogen and oxygen atoms in total. The summed E-state index contributed by atoms with van der Waals surface area (Å²) in [4.78, 5) is 24.9. The number of rotatable bonds is 6. The Morgan fingerprint density at radius 2 is 1.78 bits per heavy atom. The second kappa shape index (κ2) is 8.58. The molecular formula is C25H19IN4O2. The predicted molar refractivity (Wildman–Crippen MR) is 135 cm³/mol. The van der Waals surface area contributed by atoms with E-state index in [0.29, 0.717) is 18.1 Å². The third kappa shape index (κ3) is 4.03. The molecule has 0 fully saturated rings. The molecule has 3 N–H and O–H groups in total. The Bertz CT molecular complexity index is 1430. The number of hydrogen-bond acceptors (Lipinski definition) is 4. The van der Waals surface area contributed by atoms with Crippen molar-refractivity contribution in [3.63, 3.8) is 0 Å². The topological polar surface area (TPSA) is 90.9 Å². The van der Waals surface area contributed by atoms with Crippen LogP contribution in [0.4, 0.5) is 5.82 Å². The summed E-state index contributed by atoms with van der Waals surface area (Å²) < 4.78 is 1.03. The number of aromatic nitrogens is 3. The van der Waals surface area contributed by atoms with Crippen LogP contribution in [0.5, 0.6) is 0 Å².